The highest BCUT2D eigenvalue weighted by Gasteiger charge is 2.38. The van der Waals surface area contributed by atoms with Crippen LogP contribution in [-0.4, -0.2) is 54.2 Å². The van der Waals surface area contributed by atoms with E-state index in [2.05, 4.69) is 26.2 Å². The van der Waals surface area contributed by atoms with Crippen LogP contribution in [0.15, 0.2) is 49.9 Å². The smallest absolute Gasteiger partial charge is 0.338 e. The lowest BCUT2D eigenvalue weighted by molar-refractivity contribution is -0.384. The van der Waals surface area contributed by atoms with Crippen LogP contribution in [0.4, 0.5) is 10.5 Å². The number of hydrogen-bond acceptors (Lipinski definition) is 8. The van der Waals surface area contributed by atoms with E-state index in [1.165, 1.54) is 53.4 Å². The van der Waals surface area contributed by atoms with E-state index in [4.69, 9.17) is 4.74 Å². The van der Waals surface area contributed by atoms with Gasteiger partial charge in [0.2, 0.25) is 0 Å². The number of likely N-dealkylation sites (N-methyl/N-ethyl adjacent to an activating group) is 1. The number of rotatable bonds is 6. The van der Waals surface area contributed by atoms with E-state index in [0.717, 1.165) is 4.57 Å². The van der Waals surface area contributed by atoms with Crippen molar-refractivity contribution in [1.29, 1.82) is 0 Å². The number of benzene rings is 1. The number of allylic oxidation sites excluding steroid dienone is 1. The van der Waals surface area contributed by atoms with Crippen LogP contribution in [0.5, 0.6) is 0 Å². The number of fused-ring (bicyclic) bond motifs is 1. The van der Waals surface area contributed by atoms with Crippen LogP contribution in [0.3, 0.4) is 0 Å². The van der Waals surface area contributed by atoms with Crippen molar-refractivity contribution >= 4 is 44.8 Å². The molecule has 1 N–H and O–H groups in total. The maximum atomic E-state index is 13.2. The Balaban J connectivity index is 1.99. The third-order valence-electron chi connectivity index (χ3n) is 6.10. The highest BCUT2D eigenvalue weighted by Crippen LogP contribution is 2.34. The Labute approximate surface area is 217 Å². The van der Waals surface area contributed by atoms with Crippen molar-refractivity contribution in [2.75, 3.05) is 13.7 Å². The molecule has 0 spiro atoms. The molecule has 0 bridgehead atoms. The van der Waals surface area contributed by atoms with Crippen LogP contribution >= 0.6 is 15.9 Å². The van der Waals surface area contributed by atoms with Gasteiger partial charge >= 0.3 is 17.7 Å². The molecule has 15 heteroatoms. The van der Waals surface area contributed by atoms with Crippen LogP contribution in [0.2, 0.25) is 0 Å². The minimum atomic E-state index is -1.07. The number of imidazole rings is 1. The van der Waals surface area contributed by atoms with Gasteiger partial charge in [-0.25, -0.2) is 19.4 Å². The number of ether oxygens (including phenoxy) is 1. The summed E-state index contributed by atoms with van der Waals surface area (Å²) in [6, 6.07) is 3.91. The average Bonchev–Trinajstić information content (AvgIpc) is 3.20. The number of esters is 1. The molecule has 0 aliphatic carbocycles. The molecular formula is C22H22BrN7O7. The predicted molar refractivity (Wildman–Crippen MR) is 134 cm³/mol. The number of hydrogen-bond donors (Lipinski definition) is 1. The van der Waals surface area contributed by atoms with Gasteiger partial charge in [0.25, 0.3) is 11.2 Å². The summed E-state index contributed by atoms with van der Waals surface area (Å²) >= 11 is 3.32. The summed E-state index contributed by atoms with van der Waals surface area (Å²) in [5.41, 5.74) is -0.731. The number of urea groups is 1. The Morgan fingerprint density at radius 3 is 2.57 bits per heavy atom. The topological polar surface area (TPSA) is 164 Å². The van der Waals surface area contributed by atoms with Crippen molar-refractivity contribution in [3.63, 3.8) is 0 Å². The first-order valence-corrected chi connectivity index (χ1v) is 11.8. The Morgan fingerprint density at radius 2 is 1.92 bits per heavy atom. The lowest BCUT2D eigenvalue weighted by atomic mass is 9.94. The number of nitrogens with zero attached hydrogens (tertiary/aromatic N) is 6. The standard InChI is InChI=1S/C22H22BrN7O7/c1-5-37-19(32)14-13(10-29-16-17(25-20(29)23)27(3)22(34)28(4)18(16)31)26(2)21(33)24-15(14)11-7-6-8-12(9-11)30(35)36/h6-9,15H,5,10H2,1-4H3,(H,24,33). The van der Waals surface area contributed by atoms with E-state index >= 15 is 0 Å². The second-order valence-corrected chi connectivity index (χ2v) is 8.93. The van der Waals surface area contributed by atoms with Crippen molar-refractivity contribution in [3.05, 3.63) is 76.8 Å². The zero-order valence-corrected chi connectivity index (χ0v) is 21.8. The van der Waals surface area contributed by atoms with Crippen molar-refractivity contribution in [1.82, 2.24) is 28.9 Å². The molecule has 1 atom stereocenters. The van der Waals surface area contributed by atoms with Gasteiger partial charge in [-0.3, -0.25) is 28.9 Å². The highest BCUT2D eigenvalue weighted by molar-refractivity contribution is 9.10. The monoisotopic (exact) mass is 575 g/mol. The van der Waals surface area contributed by atoms with Crippen molar-refractivity contribution in [3.8, 4) is 0 Å². The molecule has 4 rings (SSSR count). The molecule has 0 saturated heterocycles. The zero-order chi connectivity index (χ0) is 27.2. The molecule has 194 valence electrons. The number of nitro groups is 1. The normalized spacial score (nSPS) is 15.8. The summed E-state index contributed by atoms with van der Waals surface area (Å²) in [4.78, 5) is 67.9. The molecule has 3 aromatic rings. The van der Waals surface area contributed by atoms with E-state index in [-0.39, 0.29) is 46.0 Å². The number of aryl methyl sites for hydroxylation is 1. The molecule has 0 fully saturated rings. The van der Waals surface area contributed by atoms with E-state index < -0.39 is 34.2 Å². The van der Waals surface area contributed by atoms with Crippen LogP contribution in [0.25, 0.3) is 11.2 Å². The number of non-ortho nitro benzene ring substituents is 1. The van der Waals surface area contributed by atoms with Gasteiger partial charge in [-0.2, -0.15) is 0 Å². The molecule has 1 aromatic carbocycles. The van der Waals surface area contributed by atoms with Gasteiger partial charge in [-0.05, 0) is 28.4 Å². The van der Waals surface area contributed by atoms with E-state index in [0.29, 0.717) is 5.56 Å². The third kappa shape index (κ3) is 4.30. The van der Waals surface area contributed by atoms with E-state index in [9.17, 15) is 29.3 Å². The molecular weight excluding hydrogens is 554 g/mol. The zero-order valence-electron chi connectivity index (χ0n) is 20.2. The van der Waals surface area contributed by atoms with Gasteiger partial charge in [0, 0.05) is 33.3 Å². The Bertz CT molecular complexity index is 1620. The Kier molecular flexibility index (Phi) is 6.73. The average molecular weight is 576 g/mol. The number of nitro benzene ring substituents is 1. The van der Waals surface area contributed by atoms with Crippen molar-refractivity contribution in [2.45, 2.75) is 19.5 Å². The fourth-order valence-electron chi connectivity index (χ4n) is 4.18. The molecule has 0 saturated carbocycles. The molecule has 1 aliphatic heterocycles. The Hall–Kier alpha value is -4.27. The highest BCUT2D eigenvalue weighted by atomic mass is 79.9. The summed E-state index contributed by atoms with van der Waals surface area (Å²) in [5, 5.41) is 14.0. The largest absolute Gasteiger partial charge is 0.463 e. The fraction of sp³-hybridized carbons (Fsp3) is 0.318. The van der Waals surface area contributed by atoms with Gasteiger partial charge < -0.3 is 14.6 Å². The molecule has 14 nitrogen and oxygen atoms in total. The van der Waals surface area contributed by atoms with E-state index in [1.54, 1.807) is 13.0 Å². The first-order chi connectivity index (χ1) is 17.5. The number of amides is 2. The predicted octanol–water partition coefficient (Wildman–Crippen LogP) is 1.32. The first kappa shape index (κ1) is 25.8. The molecule has 1 unspecified atom stereocenters. The maximum absolute atomic E-state index is 13.2. The summed E-state index contributed by atoms with van der Waals surface area (Å²) in [5.74, 6) is -0.748. The summed E-state index contributed by atoms with van der Waals surface area (Å²) in [6.07, 6.45) is 0. The third-order valence-corrected chi connectivity index (χ3v) is 6.70. The lowest BCUT2D eigenvalue weighted by Gasteiger charge is -2.34. The second kappa shape index (κ2) is 9.65. The SMILES string of the molecule is CCOC(=O)C1=C(Cn2c(Br)nc3c2c(=O)n(C)c(=O)n3C)N(C)C(=O)NC1c1cccc([N+](=O)[O-])c1. The minimum absolute atomic E-state index is 0.0276. The first-order valence-electron chi connectivity index (χ1n) is 11.0. The number of aromatic nitrogens is 4. The van der Waals surface area contributed by atoms with Crippen molar-refractivity contribution < 1.29 is 19.2 Å². The van der Waals surface area contributed by atoms with Gasteiger partial charge in [-0.15, -0.1) is 0 Å². The molecule has 37 heavy (non-hydrogen) atoms. The quantitative estimate of drug-likeness (QED) is 0.199. The van der Waals surface area contributed by atoms with Gasteiger partial charge in [-0.1, -0.05) is 12.1 Å². The number of nitrogens with one attached hydrogen (secondary N) is 1. The fourth-order valence-corrected chi connectivity index (χ4v) is 4.65. The molecule has 2 amide bonds. The molecule has 3 heterocycles. The van der Waals surface area contributed by atoms with Crippen LogP contribution in [0, 0.1) is 10.1 Å². The molecule has 2 aromatic heterocycles. The van der Waals surface area contributed by atoms with Crippen molar-refractivity contribution in [2.24, 2.45) is 14.1 Å². The molecule has 0 radical (unpaired) electrons. The van der Waals surface area contributed by atoms with Crippen LogP contribution in [0.1, 0.15) is 18.5 Å². The Morgan fingerprint density at radius 1 is 1.22 bits per heavy atom. The summed E-state index contributed by atoms with van der Waals surface area (Å²) < 4.78 is 9.04. The number of carbonyl (C=O) groups excluding carboxylic acids is 2. The second-order valence-electron chi connectivity index (χ2n) is 8.22. The minimum Gasteiger partial charge on any atom is -0.463 e. The maximum Gasteiger partial charge on any atom is 0.338 e. The lowest BCUT2D eigenvalue weighted by Crippen LogP contribution is -2.47. The van der Waals surface area contributed by atoms with Gasteiger partial charge in [0.1, 0.15) is 0 Å². The number of halogens is 1. The van der Waals surface area contributed by atoms with Crippen LogP contribution < -0.4 is 16.6 Å². The van der Waals surface area contributed by atoms with E-state index in [1.807, 2.05) is 0 Å². The summed E-state index contributed by atoms with van der Waals surface area (Å²) in [6.45, 7) is 1.47. The van der Waals surface area contributed by atoms with Gasteiger partial charge in [0.15, 0.2) is 15.9 Å². The summed E-state index contributed by atoms with van der Waals surface area (Å²) in [7, 11) is 4.24. The molecule has 1 aliphatic rings. The van der Waals surface area contributed by atoms with Gasteiger partial charge in [0.05, 0.1) is 35.4 Å². The van der Waals surface area contributed by atoms with Crippen LogP contribution in [-0.2, 0) is 30.2 Å². The number of carbonyl (C=O) groups is 2.